The van der Waals surface area contributed by atoms with Crippen molar-refractivity contribution < 1.29 is 40.6 Å². The van der Waals surface area contributed by atoms with Gasteiger partial charge in [0.15, 0.2) is 6.61 Å². The number of hydrogen-bond donors (Lipinski definition) is 1. The zero-order valence-corrected chi connectivity index (χ0v) is 11.1. The number of carbonyl (C=O) groups excluding carboxylic acids is 1. The van der Waals surface area contributed by atoms with Crippen LogP contribution in [0.1, 0.15) is 11.1 Å². The molecule has 0 saturated heterocycles. The minimum absolute atomic E-state index is 0.0162. The van der Waals surface area contributed by atoms with Crippen molar-refractivity contribution >= 4 is 11.8 Å². The highest BCUT2D eigenvalue weighted by Crippen LogP contribution is 2.37. The van der Waals surface area contributed by atoms with Crippen molar-refractivity contribution in [1.29, 1.82) is 0 Å². The number of cyclic esters (lactones) is 1. The van der Waals surface area contributed by atoms with E-state index in [0.29, 0.717) is 6.07 Å². The first-order valence-electron chi connectivity index (χ1n) is 5.97. The van der Waals surface area contributed by atoms with Crippen molar-refractivity contribution in [1.82, 2.24) is 5.43 Å². The first-order valence-corrected chi connectivity index (χ1v) is 5.97. The summed E-state index contributed by atoms with van der Waals surface area (Å²) in [6.45, 7) is -2.22. The average molecular weight is 342 g/mol. The Balaban J connectivity index is 2.33. The summed E-state index contributed by atoms with van der Waals surface area (Å²) in [4.78, 5) is 10.8. The van der Waals surface area contributed by atoms with E-state index < -0.39 is 36.4 Å². The molecule has 11 heteroatoms. The fraction of sp³-hybridized carbons (Fsp3) is 0.333. The Labute approximate surface area is 124 Å². The predicted octanol–water partition coefficient (Wildman–Crippen LogP) is 3.09. The van der Waals surface area contributed by atoms with Gasteiger partial charge in [-0.05, 0) is 18.2 Å². The van der Waals surface area contributed by atoms with Crippen molar-refractivity contribution in [2.24, 2.45) is 5.10 Å². The molecule has 1 heterocycles. The number of carbonyl (C=O) groups is 1. The van der Waals surface area contributed by atoms with Gasteiger partial charge in [0.1, 0.15) is 18.1 Å². The molecule has 0 atom stereocenters. The summed E-state index contributed by atoms with van der Waals surface area (Å²) in [5.74, 6) is -0.958. The second kappa shape index (κ2) is 5.97. The van der Waals surface area contributed by atoms with Crippen LogP contribution in [0.15, 0.2) is 23.3 Å². The maximum absolute atomic E-state index is 13.0. The van der Waals surface area contributed by atoms with Crippen molar-refractivity contribution in [3.63, 3.8) is 0 Å². The fourth-order valence-electron chi connectivity index (χ4n) is 1.68. The number of alkyl halides is 6. The SMILES string of the molecule is O=C1NN=C(c2ccc(OCC(F)(F)F)c(C(F)(F)F)c2)CO1. The maximum Gasteiger partial charge on any atom is 0.428 e. The van der Waals surface area contributed by atoms with Crippen molar-refractivity contribution in [3.8, 4) is 5.75 Å². The van der Waals surface area contributed by atoms with Crippen LogP contribution >= 0.6 is 0 Å². The normalized spacial score (nSPS) is 15.6. The molecule has 0 spiro atoms. The van der Waals surface area contributed by atoms with Gasteiger partial charge >= 0.3 is 18.4 Å². The third kappa shape index (κ3) is 4.50. The van der Waals surface area contributed by atoms with Gasteiger partial charge in [-0.15, -0.1) is 0 Å². The highest BCUT2D eigenvalue weighted by Gasteiger charge is 2.37. The number of hydrogen-bond acceptors (Lipinski definition) is 4. The van der Waals surface area contributed by atoms with Gasteiger partial charge in [-0.1, -0.05) is 0 Å². The Hall–Kier alpha value is -2.46. The van der Waals surface area contributed by atoms with Crippen LogP contribution in [0.25, 0.3) is 0 Å². The number of nitrogens with zero attached hydrogens (tertiary/aromatic N) is 1. The molecule has 0 aliphatic carbocycles. The number of amides is 1. The van der Waals surface area contributed by atoms with Gasteiger partial charge in [-0.25, -0.2) is 10.2 Å². The van der Waals surface area contributed by atoms with Gasteiger partial charge in [-0.3, -0.25) is 0 Å². The second-order valence-corrected chi connectivity index (χ2v) is 4.36. The van der Waals surface area contributed by atoms with Crippen LogP contribution in [-0.4, -0.2) is 31.2 Å². The fourth-order valence-corrected chi connectivity index (χ4v) is 1.68. The summed E-state index contributed by atoms with van der Waals surface area (Å²) in [5.41, 5.74) is 0.435. The monoisotopic (exact) mass is 342 g/mol. The Morgan fingerprint density at radius 3 is 2.43 bits per heavy atom. The van der Waals surface area contributed by atoms with E-state index in [1.165, 1.54) is 0 Å². The second-order valence-electron chi connectivity index (χ2n) is 4.36. The highest BCUT2D eigenvalue weighted by molar-refractivity contribution is 6.03. The molecule has 0 radical (unpaired) electrons. The molecule has 0 saturated carbocycles. The summed E-state index contributed by atoms with van der Waals surface area (Å²) in [6, 6.07) is 2.41. The molecule has 1 aromatic carbocycles. The van der Waals surface area contributed by atoms with Crippen LogP contribution in [0.4, 0.5) is 31.1 Å². The average Bonchev–Trinajstić information content (AvgIpc) is 2.44. The number of benzene rings is 1. The molecule has 0 unspecified atom stereocenters. The molecule has 0 bridgehead atoms. The molecule has 2 rings (SSSR count). The molecule has 1 N–H and O–H groups in total. The summed E-state index contributed by atoms with van der Waals surface area (Å²) < 4.78 is 84.0. The van der Waals surface area contributed by atoms with E-state index in [0.717, 1.165) is 12.1 Å². The summed E-state index contributed by atoms with van der Waals surface area (Å²) in [7, 11) is 0. The first-order chi connectivity index (χ1) is 10.6. The van der Waals surface area contributed by atoms with Crippen LogP contribution < -0.4 is 10.2 Å². The van der Waals surface area contributed by atoms with E-state index in [2.05, 4.69) is 14.6 Å². The lowest BCUT2D eigenvalue weighted by Gasteiger charge is -2.18. The van der Waals surface area contributed by atoms with E-state index in [1.807, 2.05) is 5.43 Å². The van der Waals surface area contributed by atoms with E-state index in [-0.39, 0.29) is 17.9 Å². The van der Waals surface area contributed by atoms with Gasteiger partial charge in [0.25, 0.3) is 0 Å². The zero-order chi connectivity index (χ0) is 17.3. The van der Waals surface area contributed by atoms with E-state index in [4.69, 9.17) is 0 Å². The van der Waals surface area contributed by atoms with Gasteiger partial charge in [-0.2, -0.15) is 31.4 Å². The lowest BCUT2D eigenvalue weighted by atomic mass is 10.1. The molecular weight excluding hydrogens is 334 g/mol. The molecule has 5 nitrogen and oxygen atoms in total. The quantitative estimate of drug-likeness (QED) is 0.859. The minimum atomic E-state index is -4.93. The van der Waals surface area contributed by atoms with Crippen LogP contribution in [0.5, 0.6) is 5.75 Å². The van der Waals surface area contributed by atoms with Crippen molar-refractivity contribution in [2.45, 2.75) is 12.4 Å². The third-order valence-corrected chi connectivity index (χ3v) is 2.63. The molecule has 1 aliphatic heterocycles. The van der Waals surface area contributed by atoms with Gasteiger partial charge in [0, 0.05) is 5.56 Å². The lowest BCUT2D eigenvalue weighted by Crippen LogP contribution is -2.31. The molecule has 1 aliphatic rings. The van der Waals surface area contributed by atoms with Crippen molar-refractivity contribution in [2.75, 3.05) is 13.2 Å². The molecule has 126 valence electrons. The first kappa shape index (κ1) is 16.9. The Bertz CT molecular complexity index is 639. The smallest absolute Gasteiger partial charge is 0.428 e. The van der Waals surface area contributed by atoms with E-state index in [1.54, 1.807) is 0 Å². The summed E-state index contributed by atoms with van der Waals surface area (Å²) in [5, 5.41) is 3.52. The van der Waals surface area contributed by atoms with Crippen molar-refractivity contribution in [3.05, 3.63) is 29.3 Å². The van der Waals surface area contributed by atoms with Crippen LogP contribution in [0, 0.1) is 0 Å². The van der Waals surface area contributed by atoms with Gasteiger partial charge in [0.2, 0.25) is 0 Å². The number of nitrogens with one attached hydrogen (secondary N) is 1. The van der Waals surface area contributed by atoms with Gasteiger partial charge in [0.05, 0.1) is 5.56 Å². The Kier molecular flexibility index (Phi) is 4.39. The standard InChI is InChI=1S/C12H8F6N2O3/c13-11(14,15)5-23-9-2-1-6(3-7(9)12(16,17)18)8-4-22-10(21)20-19-8/h1-3H,4-5H2,(H,20,21). The number of ether oxygens (including phenoxy) is 2. The Morgan fingerprint density at radius 1 is 1.22 bits per heavy atom. The largest absolute Gasteiger partial charge is 0.483 e. The lowest BCUT2D eigenvalue weighted by molar-refractivity contribution is -0.158. The molecule has 1 amide bonds. The third-order valence-electron chi connectivity index (χ3n) is 2.63. The molecule has 1 aromatic rings. The summed E-state index contributed by atoms with van der Waals surface area (Å²) >= 11 is 0. The molecule has 0 aromatic heterocycles. The van der Waals surface area contributed by atoms with E-state index >= 15 is 0 Å². The van der Waals surface area contributed by atoms with Crippen LogP contribution in [0.2, 0.25) is 0 Å². The molecular formula is C12H8F6N2O3. The van der Waals surface area contributed by atoms with Crippen LogP contribution in [-0.2, 0) is 10.9 Å². The number of halogens is 6. The van der Waals surface area contributed by atoms with Crippen LogP contribution in [0.3, 0.4) is 0 Å². The number of hydrazone groups is 1. The van der Waals surface area contributed by atoms with Gasteiger partial charge < -0.3 is 9.47 Å². The highest BCUT2D eigenvalue weighted by atomic mass is 19.4. The molecule has 23 heavy (non-hydrogen) atoms. The van der Waals surface area contributed by atoms with E-state index in [9.17, 15) is 31.1 Å². The predicted molar refractivity (Wildman–Crippen MR) is 64.0 cm³/mol. The zero-order valence-electron chi connectivity index (χ0n) is 11.1. The number of rotatable bonds is 3. The maximum atomic E-state index is 13.0. The minimum Gasteiger partial charge on any atom is -0.483 e. The molecule has 0 fully saturated rings. The topological polar surface area (TPSA) is 59.9 Å². The Morgan fingerprint density at radius 2 is 1.91 bits per heavy atom. The summed E-state index contributed by atoms with van der Waals surface area (Å²) in [6.07, 6.45) is -10.6.